The van der Waals surface area contributed by atoms with E-state index in [1.165, 1.54) is 16.7 Å². The van der Waals surface area contributed by atoms with Crippen molar-refractivity contribution in [3.8, 4) is 6.07 Å². The van der Waals surface area contributed by atoms with Gasteiger partial charge in [0.25, 0.3) is 0 Å². The van der Waals surface area contributed by atoms with Crippen molar-refractivity contribution in [2.45, 2.75) is 29.7 Å². The molecule has 2 aromatic rings. The van der Waals surface area contributed by atoms with Crippen LogP contribution in [0.4, 0.5) is 13.2 Å². The number of rotatable bonds is 3. The van der Waals surface area contributed by atoms with Crippen molar-refractivity contribution in [2.24, 2.45) is 0 Å². The summed E-state index contributed by atoms with van der Waals surface area (Å²) in [5.74, 6) is 0. The summed E-state index contributed by atoms with van der Waals surface area (Å²) in [4.78, 5) is 11.6. The first-order valence-corrected chi connectivity index (χ1v) is 6.63. The van der Waals surface area contributed by atoms with Gasteiger partial charge in [-0.15, -0.1) is 5.10 Å². The Labute approximate surface area is 121 Å². The van der Waals surface area contributed by atoms with E-state index in [1.54, 1.807) is 6.92 Å². The fraction of sp³-hybridized carbons (Fsp3) is 0.250. The third kappa shape index (κ3) is 3.11. The highest BCUT2D eigenvalue weighted by Crippen LogP contribution is 2.35. The topological polar surface area (TPSA) is 74.5 Å². The van der Waals surface area contributed by atoms with Crippen LogP contribution < -0.4 is 5.69 Å². The highest BCUT2D eigenvalue weighted by Gasteiger charge is 2.34. The molecule has 0 aliphatic rings. The van der Waals surface area contributed by atoms with E-state index in [0.717, 1.165) is 23.9 Å². The van der Waals surface area contributed by atoms with Crippen molar-refractivity contribution in [3.63, 3.8) is 0 Å². The van der Waals surface area contributed by atoms with Gasteiger partial charge in [0.1, 0.15) is 0 Å². The Hall–Kier alpha value is -2.21. The SMILES string of the molecule is CCn1c(Sc2ccc(C#N)c(C(F)(F)F)c2)n[nH]c1=O. The number of aromatic nitrogens is 3. The van der Waals surface area contributed by atoms with Crippen molar-refractivity contribution in [2.75, 3.05) is 0 Å². The second-order valence-electron chi connectivity index (χ2n) is 3.97. The molecule has 0 fully saturated rings. The zero-order valence-corrected chi connectivity index (χ0v) is 11.5. The standard InChI is InChI=1S/C12H9F3N4OS/c1-2-19-10(20)17-18-11(19)21-8-4-3-7(6-16)9(5-8)12(13,14)15/h3-5H,2H2,1H3,(H,17,20). The Morgan fingerprint density at radius 2 is 2.19 bits per heavy atom. The molecular weight excluding hydrogens is 305 g/mol. The van der Waals surface area contributed by atoms with Gasteiger partial charge in [0, 0.05) is 11.4 Å². The minimum atomic E-state index is -4.61. The maximum Gasteiger partial charge on any atom is 0.417 e. The predicted octanol–water partition coefficient (Wildman–Crippen LogP) is 2.63. The van der Waals surface area contributed by atoms with E-state index >= 15 is 0 Å². The fourth-order valence-corrected chi connectivity index (χ4v) is 2.62. The summed E-state index contributed by atoms with van der Waals surface area (Å²) < 4.78 is 39.9. The lowest BCUT2D eigenvalue weighted by Gasteiger charge is -2.10. The maximum atomic E-state index is 12.9. The minimum absolute atomic E-state index is 0.245. The normalized spacial score (nSPS) is 11.4. The molecule has 21 heavy (non-hydrogen) atoms. The van der Waals surface area contributed by atoms with Gasteiger partial charge in [0.15, 0.2) is 5.16 Å². The van der Waals surface area contributed by atoms with Crippen molar-refractivity contribution >= 4 is 11.8 Å². The molecule has 1 aromatic carbocycles. The number of halogens is 3. The second kappa shape index (κ2) is 5.65. The molecule has 0 aliphatic carbocycles. The van der Waals surface area contributed by atoms with Gasteiger partial charge in [-0.1, -0.05) is 0 Å². The first-order chi connectivity index (χ1) is 9.86. The van der Waals surface area contributed by atoms with Gasteiger partial charge in [-0.3, -0.25) is 4.57 Å². The molecule has 0 saturated carbocycles. The third-order valence-corrected chi connectivity index (χ3v) is 3.65. The maximum absolute atomic E-state index is 12.9. The summed E-state index contributed by atoms with van der Waals surface area (Å²) in [6.45, 7) is 2.07. The lowest BCUT2D eigenvalue weighted by molar-refractivity contribution is -0.137. The Morgan fingerprint density at radius 1 is 1.48 bits per heavy atom. The number of hydrogen-bond donors (Lipinski definition) is 1. The van der Waals surface area contributed by atoms with Crippen LogP contribution in [0.3, 0.4) is 0 Å². The van der Waals surface area contributed by atoms with E-state index < -0.39 is 23.0 Å². The van der Waals surface area contributed by atoms with Gasteiger partial charge in [0.2, 0.25) is 0 Å². The number of H-pyrrole nitrogens is 1. The van der Waals surface area contributed by atoms with Crippen molar-refractivity contribution in [1.29, 1.82) is 5.26 Å². The van der Waals surface area contributed by atoms with Gasteiger partial charge in [-0.05, 0) is 36.9 Å². The van der Waals surface area contributed by atoms with Crippen LogP contribution in [0, 0.1) is 11.3 Å². The van der Waals surface area contributed by atoms with Gasteiger partial charge >= 0.3 is 11.9 Å². The molecule has 0 bridgehead atoms. The van der Waals surface area contributed by atoms with E-state index in [9.17, 15) is 18.0 Å². The molecule has 1 heterocycles. The smallest absolute Gasteiger partial charge is 0.270 e. The summed E-state index contributed by atoms with van der Waals surface area (Å²) in [5, 5.41) is 15.0. The van der Waals surface area contributed by atoms with E-state index in [2.05, 4.69) is 10.2 Å². The van der Waals surface area contributed by atoms with E-state index in [4.69, 9.17) is 5.26 Å². The molecule has 110 valence electrons. The van der Waals surface area contributed by atoms with Crippen LogP contribution in [0.5, 0.6) is 0 Å². The molecule has 2 rings (SSSR count). The van der Waals surface area contributed by atoms with Gasteiger partial charge < -0.3 is 0 Å². The number of nitrogens with zero attached hydrogens (tertiary/aromatic N) is 3. The van der Waals surface area contributed by atoms with Crippen LogP contribution in [0.15, 0.2) is 33.0 Å². The number of hydrogen-bond acceptors (Lipinski definition) is 4. The lowest BCUT2D eigenvalue weighted by Crippen LogP contribution is -2.16. The first-order valence-electron chi connectivity index (χ1n) is 5.81. The van der Waals surface area contributed by atoms with E-state index in [1.807, 2.05) is 0 Å². The van der Waals surface area contributed by atoms with Gasteiger partial charge in [-0.25, -0.2) is 9.89 Å². The van der Waals surface area contributed by atoms with Gasteiger partial charge in [0.05, 0.1) is 17.2 Å². The summed E-state index contributed by atoms with van der Waals surface area (Å²) in [5.41, 5.74) is -1.87. The number of nitrogens with one attached hydrogen (secondary N) is 1. The van der Waals surface area contributed by atoms with Crippen LogP contribution >= 0.6 is 11.8 Å². The largest absolute Gasteiger partial charge is 0.417 e. The zero-order valence-electron chi connectivity index (χ0n) is 10.7. The third-order valence-electron chi connectivity index (χ3n) is 2.67. The summed E-state index contributed by atoms with van der Waals surface area (Å²) in [6.07, 6.45) is -4.61. The molecule has 0 atom stereocenters. The molecule has 0 spiro atoms. The Balaban J connectivity index is 2.42. The monoisotopic (exact) mass is 314 g/mol. The summed E-state index contributed by atoms with van der Waals surface area (Å²) in [7, 11) is 0. The highest BCUT2D eigenvalue weighted by molar-refractivity contribution is 7.99. The molecule has 0 unspecified atom stereocenters. The van der Waals surface area contributed by atoms with Crippen LogP contribution in [0.1, 0.15) is 18.1 Å². The van der Waals surface area contributed by atoms with Gasteiger partial charge in [-0.2, -0.15) is 18.4 Å². The van der Waals surface area contributed by atoms with E-state index in [-0.39, 0.29) is 10.1 Å². The van der Waals surface area contributed by atoms with Crippen molar-refractivity contribution in [3.05, 3.63) is 39.8 Å². The predicted molar refractivity (Wildman–Crippen MR) is 68.8 cm³/mol. The molecule has 0 amide bonds. The fourth-order valence-electron chi connectivity index (χ4n) is 1.68. The molecule has 1 aromatic heterocycles. The summed E-state index contributed by atoms with van der Waals surface area (Å²) in [6, 6.07) is 4.88. The average Bonchev–Trinajstić information content (AvgIpc) is 2.78. The highest BCUT2D eigenvalue weighted by atomic mass is 32.2. The molecule has 9 heteroatoms. The van der Waals surface area contributed by atoms with Crippen LogP contribution in [-0.2, 0) is 12.7 Å². The Morgan fingerprint density at radius 3 is 2.76 bits per heavy atom. The number of nitriles is 1. The van der Waals surface area contributed by atoms with Crippen LogP contribution in [-0.4, -0.2) is 14.8 Å². The Bertz CT molecular complexity index is 757. The Kier molecular flexibility index (Phi) is 4.09. The van der Waals surface area contributed by atoms with Crippen LogP contribution in [0.2, 0.25) is 0 Å². The summed E-state index contributed by atoms with van der Waals surface area (Å²) >= 11 is 0.920. The lowest BCUT2D eigenvalue weighted by atomic mass is 10.1. The average molecular weight is 314 g/mol. The second-order valence-corrected chi connectivity index (χ2v) is 5.02. The molecular formula is C12H9F3N4OS. The zero-order chi connectivity index (χ0) is 15.6. The number of aromatic amines is 1. The molecule has 0 saturated heterocycles. The molecule has 0 aliphatic heterocycles. The number of benzene rings is 1. The van der Waals surface area contributed by atoms with Crippen molar-refractivity contribution < 1.29 is 13.2 Å². The first kappa shape index (κ1) is 15.2. The molecule has 0 radical (unpaired) electrons. The van der Waals surface area contributed by atoms with E-state index in [0.29, 0.717) is 6.54 Å². The molecule has 5 nitrogen and oxygen atoms in total. The minimum Gasteiger partial charge on any atom is -0.270 e. The van der Waals surface area contributed by atoms with Crippen molar-refractivity contribution in [1.82, 2.24) is 14.8 Å². The molecule has 1 N–H and O–H groups in total. The number of alkyl halides is 3. The quantitative estimate of drug-likeness (QED) is 0.945. The van der Waals surface area contributed by atoms with Crippen LogP contribution in [0.25, 0.3) is 0 Å².